The van der Waals surface area contributed by atoms with Crippen molar-refractivity contribution in [2.24, 2.45) is 0 Å². The number of hydrogen-bond acceptors (Lipinski definition) is 3. The van der Waals surface area contributed by atoms with Gasteiger partial charge in [0.15, 0.2) is 0 Å². The van der Waals surface area contributed by atoms with Crippen LogP contribution in [0.15, 0.2) is 24.3 Å². The van der Waals surface area contributed by atoms with Gasteiger partial charge >= 0.3 is 0 Å². The molecule has 0 aromatic heterocycles. The molecule has 0 saturated carbocycles. The molecule has 1 fully saturated rings. The van der Waals surface area contributed by atoms with E-state index in [4.69, 9.17) is 4.74 Å². The van der Waals surface area contributed by atoms with E-state index in [9.17, 15) is 5.26 Å². The van der Waals surface area contributed by atoms with Crippen molar-refractivity contribution >= 4 is 5.69 Å². The second kappa shape index (κ2) is 3.75. The number of benzene rings is 1. The molecule has 1 aromatic carbocycles. The van der Waals surface area contributed by atoms with Crippen molar-refractivity contribution in [1.29, 1.82) is 5.26 Å². The lowest BCUT2D eigenvalue weighted by Gasteiger charge is -2.28. The Morgan fingerprint density at radius 3 is 3.12 bits per heavy atom. The van der Waals surface area contributed by atoms with E-state index in [1.165, 1.54) is 12.1 Å². The molecule has 88 valence electrons. The fraction of sp³-hybridized carbons (Fsp3) is 0.500. The van der Waals surface area contributed by atoms with Gasteiger partial charge in [-0.1, -0.05) is 18.2 Å². The normalized spacial score (nSPS) is 29.9. The highest BCUT2D eigenvalue weighted by atomic mass is 16.5. The third-order valence-corrected chi connectivity index (χ3v) is 4.09. The van der Waals surface area contributed by atoms with Crippen molar-refractivity contribution in [2.45, 2.75) is 24.3 Å². The standard InChI is InChI=1S/C14H16N2O/c1-17-10-14(9-15)11-5-2-3-6-12(11)16-8-4-7-13(14)16/h2-3,5-6,13H,4,7-8,10H2,1H3/t13-,14-/m1/s1. The van der Waals surface area contributed by atoms with E-state index in [1.807, 2.05) is 6.07 Å². The van der Waals surface area contributed by atoms with E-state index in [1.54, 1.807) is 7.11 Å². The van der Waals surface area contributed by atoms with E-state index < -0.39 is 5.41 Å². The summed E-state index contributed by atoms with van der Waals surface area (Å²) in [4.78, 5) is 2.39. The summed E-state index contributed by atoms with van der Waals surface area (Å²) in [5.74, 6) is 0. The van der Waals surface area contributed by atoms with Gasteiger partial charge in [-0.15, -0.1) is 0 Å². The first-order chi connectivity index (χ1) is 8.33. The first-order valence-electron chi connectivity index (χ1n) is 6.10. The fourth-order valence-corrected chi connectivity index (χ4v) is 3.42. The number of anilines is 1. The van der Waals surface area contributed by atoms with E-state index >= 15 is 0 Å². The van der Waals surface area contributed by atoms with Crippen LogP contribution in [0.3, 0.4) is 0 Å². The summed E-state index contributed by atoms with van der Waals surface area (Å²) in [6.07, 6.45) is 2.26. The molecule has 2 aliphatic rings. The molecule has 1 saturated heterocycles. The Labute approximate surface area is 102 Å². The molecular formula is C14H16N2O. The zero-order valence-corrected chi connectivity index (χ0v) is 10.0. The molecule has 0 unspecified atom stereocenters. The van der Waals surface area contributed by atoms with Crippen LogP contribution in [-0.2, 0) is 10.2 Å². The van der Waals surface area contributed by atoms with Crippen LogP contribution >= 0.6 is 0 Å². The van der Waals surface area contributed by atoms with Crippen LogP contribution in [-0.4, -0.2) is 26.3 Å². The summed E-state index contributed by atoms with van der Waals surface area (Å²) in [5, 5.41) is 9.68. The van der Waals surface area contributed by atoms with Gasteiger partial charge in [-0.25, -0.2) is 0 Å². The molecule has 17 heavy (non-hydrogen) atoms. The number of para-hydroxylation sites is 1. The van der Waals surface area contributed by atoms with E-state index in [0.717, 1.165) is 18.5 Å². The van der Waals surface area contributed by atoms with Gasteiger partial charge in [0.1, 0.15) is 5.41 Å². The molecule has 0 aliphatic carbocycles. The predicted octanol–water partition coefficient (Wildman–Crippen LogP) is 2.08. The lowest BCUT2D eigenvalue weighted by Crippen LogP contribution is -2.43. The Morgan fingerprint density at radius 2 is 2.35 bits per heavy atom. The first-order valence-corrected chi connectivity index (χ1v) is 6.10. The maximum absolute atomic E-state index is 9.68. The molecule has 0 radical (unpaired) electrons. The minimum absolute atomic E-state index is 0.296. The summed E-state index contributed by atoms with van der Waals surface area (Å²) in [6.45, 7) is 1.55. The van der Waals surface area contributed by atoms with Gasteiger partial charge in [-0.2, -0.15) is 5.26 Å². The zero-order valence-electron chi connectivity index (χ0n) is 10.0. The molecule has 0 amide bonds. The summed E-state index contributed by atoms with van der Waals surface area (Å²) in [5.41, 5.74) is 1.91. The van der Waals surface area contributed by atoms with Gasteiger partial charge < -0.3 is 9.64 Å². The zero-order chi connectivity index (χ0) is 11.9. The van der Waals surface area contributed by atoms with Gasteiger partial charge in [0.2, 0.25) is 0 Å². The minimum Gasteiger partial charge on any atom is -0.383 e. The van der Waals surface area contributed by atoms with Crippen molar-refractivity contribution in [3.8, 4) is 6.07 Å². The van der Waals surface area contributed by atoms with Gasteiger partial charge in [0.05, 0.1) is 18.7 Å². The third kappa shape index (κ3) is 1.25. The van der Waals surface area contributed by atoms with E-state index in [-0.39, 0.29) is 0 Å². The molecule has 2 atom stereocenters. The van der Waals surface area contributed by atoms with Gasteiger partial charge in [0, 0.05) is 24.9 Å². The Bertz CT molecular complexity index is 479. The predicted molar refractivity (Wildman–Crippen MR) is 66.0 cm³/mol. The lowest BCUT2D eigenvalue weighted by atomic mass is 9.77. The van der Waals surface area contributed by atoms with Crippen LogP contribution in [0, 0.1) is 11.3 Å². The molecular weight excluding hydrogens is 212 g/mol. The van der Waals surface area contributed by atoms with Crippen LogP contribution in [0.25, 0.3) is 0 Å². The Morgan fingerprint density at radius 1 is 1.53 bits per heavy atom. The van der Waals surface area contributed by atoms with Crippen molar-refractivity contribution < 1.29 is 4.74 Å². The van der Waals surface area contributed by atoms with Crippen LogP contribution in [0.4, 0.5) is 5.69 Å². The monoisotopic (exact) mass is 228 g/mol. The number of methoxy groups -OCH3 is 1. The van der Waals surface area contributed by atoms with Gasteiger partial charge in [-0.05, 0) is 18.9 Å². The van der Waals surface area contributed by atoms with Gasteiger partial charge in [-0.3, -0.25) is 0 Å². The highest BCUT2D eigenvalue weighted by Gasteiger charge is 2.53. The quantitative estimate of drug-likeness (QED) is 0.777. The number of rotatable bonds is 2. The van der Waals surface area contributed by atoms with Crippen molar-refractivity contribution in [1.82, 2.24) is 0 Å². The van der Waals surface area contributed by atoms with Crippen LogP contribution in [0.5, 0.6) is 0 Å². The molecule has 0 bridgehead atoms. The lowest BCUT2D eigenvalue weighted by molar-refractivity contribution is 0.146. The molecule has 1 aromatic rings. The first kappa shape index (κ1) is 10.6. The average Bonchev–Trinajstić information content (AvgIpc) is 2.93. The second-order valence-electron chi connectivity index (χ2n) is 4.88. The smallest absolute Gasteiger partial charge is 0.128 e. The summed E-state index contributed by atoms with van der Waals surface area (Å²) in [7, 11) is 1.68. The van der Waals surface area contributed by atoms with Crippen LogP contribution < -0.4 is 4.90 Å². The highest BCUT2D eigenvalue weighted by molar-refractivity contribution is 5.67. The second-order valence-corrected chi connectivity index (χ2v) is 4.88. The Hall–Kier alpha value is -1.53. The molecule has 3 rings (SSSR count). The minimum atomic E-state index is -0.470. The Balaban J connectivity index is 2.18. The number of nitrogens with zero attached hydrogens (tertiary/aromatic N) is 2. The average molecular weight is 228 g/mol. The van der Waals surface area contributed by atoms with Crippen LogP contribution in [0.2, 0.25) is 0 Å². The summed E-state index contributed by atoms with van der Waals surface area (Å²) in [6, 6.07) is 11.1. The van der Waals surface area contributed by atoms with E-state index in [0.29, 0.717) is 12.6 Å². The van der Waals surface area contributed by atoms with Crippen molar-refractivity contribution in [2.75, 3.05) is 25.2 Å². The van der Waals surface area contributed by atoms with Gasteiger partial charge in [0.25, 0.3) is 0 Å². The molecule has 3 nitrogen and oxygen atoms in total. The number of hydrogen-bond donors (Lipinski definition) is 0. The SMILES string of the molecule is COC[C@]1(C#N)c2ccccc2N2CCC[C@@H]21. The van der Waals surface area contributed by atoms with Crippen LogP contribution in [0.1, 0.15) is 18.4 Å². The number of ether oxygens (including phenoxy) is 1. The van der Waals surface area contributed by atoms with Crippen molar-refractivity contribution in [3.63, 3.8) is 0 Å². The molecule has 0 spiro atoms. The largest absolute Gasteiger partial charge is 0.383 e. The van der Waals surface area contributed by atoms with Crippen molar-refractivity contribution in [3.05, 3.63) is 29.8 Å². The number of fused-ring (bicyclic) bond motifs is 3. The Kier molecular flexibility index (Phi) is 2.34. The van der Waals surface area contributed by atoms with E-state index in [2.05, 4.69) is 29.2 Å². The number of nitriles is 1. The summed E-state index contributed by atoms with van der Waals surface area (Å²) >= 11 is 0. The molecule has 3 heteroatoms. The third-order valence-electron chi connectivity index (χ3n) is 4.09. The highest BCUT2D eigenvalue weighted by Crippen LogP contribution is 2.49. The fourth-order valence-electron chi connectivity index (χ4n) is 3.42. The molecule has 2 heterocycles. The summed E-state index contributed by atoms with van der Waals surface area (Å²) < 4.78 is 5.34. The molecule has 0 N–H and O–H groups in total. The maximum atomic E-state index is 9.68. The topological polar surface area (TPSA) is 36.3 Å². The maximum Gasteiger partial charge on any atom is 0.128 e. The molecule has 2 aliphatic heterocycles.